The van der Waals surface area contributed by atoms with Crippen LogP contribution in [-0.2, 0) is 6.54 Å². The van der Waals surface area contributed by atoms with Gasteiger partial charge in [-0.1, -0.05) is 0 Å². The molecule has 0 bridgehead atoms. The summed E-state index contributed by atoms with van der Waals surface area (Å²) in [6, 6.07) is 9.92. The fourth-order valence-corrected chi connectivity index (χ4v) is 2.09. The molecule has 0 spiro atoms. The molecule has 0 unspecified atom stereocenters. The monoisotopic (exact) mass is 253 g/mol. The molecular weight excluding hydrogens is 238 g/mol. The summed E-state index contributed by atoms with van der Waals surface area (Å²) in [6.45, 7) is 4.82. The summed E-state index contributed by atoms with van der Waals surface area (Å²) < 4.78 is 7.64. The van der Waals surface area contributed by atoms with Gasteiger partial charge in [-0.3, -0.25) is 9.67 Å². The van der Waals surface area contributed by atoms with Crippen LogP contribution >= 0.6 is 0 Å². The third-order valence-electron chi connectivity index (χ3n) is 3.05. The second-order valence-corrected chi connectivity index (χ2v) is 4.38. The first kappa shape index (κ1) is 11.7. The van der Waals surface area contributed by atoms with Crippen molar-refractivity contribution in [1.82, 2.24) is 14.8 Å². The summed E-state index contributed by atoms with van der Waals surface area (Å²) in [5.41, 5.74) is 3.00. The zero-order valence-electron chi connectivity index (χ0n) is 11.0. The highest BCUT2D eigenvalue weighted by molar-refractivity contribution is 5.65. The molecule has 0 fully saturated rings. The Labute approximate surface area is 111 Å². The molecule has 0 aromatic carbocycles. The summed E-state index contributed by atoms with van der Waals surface area (Å²) >= 11 is 0. The number of rotatable bonds is 3. The van der Waals surface area contributed by atoms with Gasteiger partial charge in [0.05, 0.1) is 5.69 Å². The van der Waals surface area contributed by atoms with Crippen LogP contribution in [0.4, 0.5) is 0 Å². The maximum Gasteiger partial charge on any atom is 0.152 e. The molecule has 3 rings (SSSR count). The predicted octanol–water partition coefficient (Wildman–Crippen LogP) is 3.53. The van der Waals surface area contributed by atoms with Gasteiger partial charge < -0.3 is 4.42 Å². The van der Waals surface area contributed by atoms with Crippen molar-refractivity contribution < 1.29 is 4.42 Å². The quantitative estimate of drug-likeness (QED) is 0.717. The van der Waals surface area contributed by atoms with Gasteiger partial charge >= 0.3 is 0 Å². The van der Waals surface area contributed by atoms with Crippen LogP contribution in [0.2, 0.25) is 0 Å². The first-order valence-corrected chi connectivity index (χ1v) is 6.33. The number of nitrogens with zero attached hydrogens (tertiary/aromatic N) is 3. The standard InChI is InChI=1S/C15H15N3O/c1-3-18-14(15-5-4-11(2)19-15)10-13(17-18)12-6-8-16-9-7-12/h4-10H,3H2,1-2H3. The molecule has 0 N–H and O–H groups in total. The van der Waals surface area contributed by atoms with E-state index in [9.17, 15) is 0 Å². The van der Waals surface area contributed by atoms with Crippen LogP contribution in [0.5, 0.6) is 0 Å². The van der Waals surface area contributed by atoms with E-state index in [-0.39, 0.29) is 0 Å². The molecule has 96 valence electrons. The first-order chi connectivity index (χ1) is 9.28. The lowest BCUT2D eigenvalue weighted by molar-refractivity contribution is 0.537. The minimum atomic E-state index is 0.806. The zero-order chi connectivity index (χ0) is 13.2. The largest absolute Gasteiger partial charge is 0.460 e. The van der Waals surface area contributed by atoms with Crippen LogP contribution in [0.15, 0.2) is 47.1 Å². The minimum absolute atomic E-state index is 0.806. The van der Waals surface area contributed by atoms with Crippen molar-refractivity contribution in [3.63, 3.8) is 0 Å². The van der Waals surface area contributed by atoms with E-state index in [0.29, 0.717) is 0 Å². The second kappa shape index (κ2) is 4.72. The Morgan fingerprint density at radius 1 is 1.16 bits per heavy atom. The van der Waals surface area contributed by atoms with Gasteiger partial charge in [0.1, 0.15) is 11.5 Å². The van der Waals surface area contributed by atoms with Gasteiger partial charge in [-0.05, 0) is 44.2 Å². The van der Waals surface area contributed by atoms with Crippen molar-refractivity contribution in [3.8, 4) is 22.7 Å². The number of hydrogen-bond acceptors (Lipinski definition) is 3. The molecule has 0 aliphatic carbocycles. The Balaban J connectivity index is 2.09. The lowest BCUT2D eigenvalue weighted by atomic mass is 10.2. The third-order valence-corrected chi connectivity index (χ3v) is 3.05. The van der Waals surface area contributed by atoms with Crippen molar-refractivity contribution in [2.24, 2.45) is 0 Å². The molecular formula is C15H15N3O. The molecule has 4 heteroatoms. The fourth-order valence-electron chi connectivity index (χ4n) is 2.09. The Kier molecular flexibility index (Phi) is 2.91. The van der Waals surface area contributed by atoms with E-state index in [0.717, 1.165) is 35.0 Å². The van der Waals surface area contributed by atoms with Crippen LogP contribution in [0.25, 0.3) is 22.7 Å². The van der Waals surface area contributed by atoms with E-state index in [4.69, 9.17) is 4.42 Å². The summed E-state index contributed by atoms with van der Waals surface area (Å²) in [7, 11) is 0. The van der Waals surface area contributed by atoms with Crippen molar-refractivity contribution >= 4 is 0 Å². The van der Waals surface area contributed by atoms with E-state index in [2.05, 4.69) is 23.1 Å². The maximum atomic E-state index is 5.69. The third kappa shape index (κ3) is 2.17. The SMILES string of the molecule is CCn1nc(-c2ccncc2)cc1-c1ccc(C)o1. The smallest absolute Gasteiger partial charge is 0.152 e. The molecule has 3 aromatic heterocycles. The van der Waals surface area contributed by atoms with E-state index >= 15 is 0 Å². The fraction of sp³-hybridized carbons (Fsp3) is 0.200. The Morgan fingerprint density at radius 3 is 2.58 bits per heavy atom. The maximum absolute atomic E-state index is 5.69. The number of hydrogen-bond donors (Lipinski definition) is 0. The van der Waals surface area contributed by atoms with Crippen LogP contribution in [0.3, 0.4) is 0 Å². The van der Waals surface area contributed by atoms with Crippen LogP contribution in [-0.4, -0.2) is 14.8 Å². The molecule has 0 atom stereocenters. The van der Waals surface area contributed by atoms with Crippen LogP contribution < -0.4 is 0 Å². The molecule has 19 heavy (non-hydrogen) atoms. The zero-order valence-corrected chi connectivity index (χ0v) is 11.0. The number of pyridine rings is 1. The summed E-state index contributed by atoms with van der Waals surface area (Å²) in [4.78, 5) is 4.03. The average molecular weight is 253 g/mol. The predicted molar refractivity (Wildman–Crippen MR) is 73.6 cm³/mol. The van der Waals surface area contributed by atoms with Crippen molar-refractivity contribution in [3.05, 3.63) is 48.5 Å². The number of aromatic nitrogens is 3. The molecule has 3 heterocycles. The van der Waals surface area contributed by atoms with Crippen molar-refractivity contribution in [2.45, 2.75) is 20.4 Å². The highest BCUT2D eigenvalue weighted by Crippen LogP contribution is 2.27. The number of aryl methyl sites for hydroxylation is 2. The molecule has 0 amide bonds. The lowest BCUT2D eigenvalue weighted by Gasteiger charge is -2.00. The molecule has 0 saturated heterocycles. The molecule has 0 aliphatic heterocycles. The summed E-state index contributed by atoms with van der Waals surface area (Å²) in [6.07, 6.45) is 3.55. The lowest BCUT2D eigenvalue weighted by Crippen LogP contribution is -1.98. The molecule has 0 aliphatic rings. The summed E-state index contributed by atoms with van der Waals surface area (Å²) in [5, 5.41) is 4.61. The van der Waals surface area contributed by atoms with E-state index < -0.39 is 0 Å². The van der Waals surface area contributed by atoms with Gasteiger partial charge in [-0.15, -0.1) is 0 Å². The molecule has 3 aromatic rings. The molecule has 0 saturated carbocycles. The molecule has 0 radical (unpaired) electrons. The van der Waals surface area contributed by atoms with Gasteiger partial charge in [0.25, 0.3) is 0 Å². The van der Waals surface area contributed by atoms with Gasteiger partial charge in [-0.2, -0.15) is 5.10 Å². The van der Waals surface area contributed by atoms with Gasteiger partial charge in [-0.25, -0.2) is 0 Å². The Morgan fingerprint density at radius 2 is 1.95 bits per heavy atom. The highest BCUT2D eigenvalue weighted by Gasteiger charge is 2.12. The van der Waals surface area contributed by atoms with Crippen molar-refractivity contribution in [2.75, 3.05) is 0 Å². The Bertz CT molecular complexity index is 682. The average Bonchev–Trinajstić information content (AvgIpc) is 3.05. The van der Waals surface area contributed by atoms with E-state index in [1.54, 1.807) is 12.4 Å². The number of furan rings is 1. The molecule has 4 nitrogen and oxygen atoms in total. The highest BCUT2D eigenvalue weighted by atomic mass is 16.3. The van der Waals surface area contributed by atoms with Gasteiger partial charge in [0, 0.05) is 24.5 Å². The second-order valence-electron chi connectivity index (χ2n) is 4.38. The van der Waals surface area contributed by atoms with Crippen molar-refractivity contribution in [1.29, 1.82) is 0 Å². The summed E-state index contributed by atoms with van der Waals surface area (Å²) in [5.74, 6) is 1.76. The van der Waals surface area contributed by atoms with E-state index in [1.807, 2.05) is 35.9 Å². The van der Waals surface area contributed by atoms with Gasteiger partial charge in [0.2, 0.25) is 0 Å². The normalized spacial score (nSPS) is 10.8. The minimum Gasteiger partial charge on any atom is -0.460 e. The van der Waals surface area contributed by atoms with Crippen LogP contribution in [0.1, 0.15) is 12.7 Å². The van der Waals surface area contributed by atoms with E-state index in [1.165, 1.54) is 0 Å². The Hall–Kier alpha value is -2.36. The topological polar surface area (TPSA) is 43.9 Å². The van der Waals surface area contributed by atoms with Gasteiger partial charge in [0.15, 0.2) is 5.76 Å². The van der Waals surface area contributed by atoms with Crippen LogP contribution in [0, 0.1) is 6.92 Å². The first-order valence-electron chi connectivity index (χ1n) is 6.33.